The average Bonchev–Trinajstić information content (AvgIpc) is 1.82. The molecular formula is C6H5ClF4S2. The minimum absolute atomic E-state index is 0.308. The summed E-state index contributed by atoms with van der Waals surface area (Å²) in [6, 6.07) is 3.19. The summed E-state index contributed by atoms with van der Waals surface area (Å²) in [5, 5.41) is 0. The number of hydrogen-bond donors (Lipinski definition) is 1. The average molecular weight is 253 g/mol. The molecule has 7 heteroatoms. The molecular weight excluding hydrogens is 248 g/mol. The molecule has 0 saturated carbocycles. The van der Waals surface area contributed by atoms with Gasteiger partial charge in [0, 0.05) is 15.6 Å². The zero-order chi connectivity index (χ0) is 10.4. The second-order valence-corrected chi connectivity index (χ2v) is 7.25. The summed E-state index contributed by atoms with van der Waals surface area (Å²) in [5.74, 6) is 0. The van der Waals surface area contributed by atoms with Gasteiger partial charge in [-0.1, -0.05) is 0 Å². The molecule has 1 aromatic rings. The predicted octanol–water partition coefficient (Wildman–Crippen LogP) is 4.90. The highest BCUT2D eigenvalue weighted by Crippen LogP contribution is 3.04. The predicted molar refractivity (Wildman–Crippen MR) is 49.8 cm³/mol. The molecule has 0 radical (unpaired) electrons. The molecule has 0 nitrogen and oxygen atoms in total. The van der Waals surface area contributed by atoms with E-state index in [1.165, 1.54) is 0 Å². The Bertz CT molecular complexity index is 327. The molecule has 1 aromatic carbocycles. The van der Waals surface area contributed by atoms with Crippen molar-refractivity contribution in [1.82, 2.24) is 0 Å². The molecule has 0 bridgehead atoms. The second-order valence-electron chi connectivity index (χ2n) is 2.46. The van der Waals surface area contributed by atoms with Crippen LogP contribution >= 0.6 is 32.4 Å². The smallest absolute Gasteiger partial charge is 0.143 e. The van der Waals surface area contributed by atoms with Crippen LogP contribution in [0.5, 0.6) is 0 Å². The van der Waals surface area contributed by atoms with Crippen LogP contribution in [0.4, 0.5) is 15.5 Å². The third-order valence-corrected chi connectivity index (χ3v) is 3.28. The molecule has 0 heterocycles. The van der Waals surface area contributed by atoms with Crippen LogP contribution < -0.4 is 0 Å². The lowest BCUT2D eigenvalue weighted by Crippen LogP contribution is -2.03. The Hall–Kier alpha value is -0.0700. The Balaban J connectivity index is 3.34. The molecule has 0 fully saturated rings. The third kappa shape index (κ3) is 2.96. The number of benzene rings is 1. The highest BCUT2D eigenvalue weighted by Gasteiger charge is 2.62. The summed E-state index contributed by atoms with van der Waals surface area (Å²) in [7, 11) is -4.47. The van der Waals surface area contributed by atoms with Crippen molar-refractivity contribution in [2.75, 3.05) is 0 Å². The van der Waals surface area contributed by atoms with Crippen LogP contribution in [0.3, 0.4) is 0 Å². The molecule has 0 atom stereocenters. The molecule has 76 valence electrons. The summed E-state index contributed by atoms with van der Waals surface area (Å²) < 4.78 is 49.9. The van der Waals surface area contributed by atoms with Gasteiger partial charge in [0.1, 0.15) is 0 Å². The highest BCUT2D eigenvalue weighted by molar-refractivity contribution is 8.65. The number of rotatable bonds is 1. The molecule has 0 aliphatic carbocycles. The number of hydrogen-bond acceptors (Lipinski definition) is 1. The standard InChI is InChI=1S/C6H5ClF4S2/c7-13(8,9,10,11)6-3-1-5(12)2-4-6/h1-4,12H. The van der Waals surface area contributed by atoms with Crippen LogP contribution in [-0.2, 0) is 0 Å². The first-order valence-electron chi connectivity index (χ1n) is 3.02. The van der Waals surface area contributed by atoms with Crippen molar-refractivity contribution in [3.8, 4) is 0 Å². The molecule has 0 amide bonds. The Labute approximate surface area is 82.2 Å². The van der Waals surface area contributed by atoms with Gasteiger partial charge in [0.25, 0.3) is 9.05 Å². The van der Waals surface area contributed by atoms with Gasteiger partial charge in [-0.3, -0.25) is 0 Å². The first-order valence-corrected chi connectivity index (χ1v) is 6.34. The van der Waals surface area contributed by atoms with Gasteiger partial charge in [0.15, 0.2) is 0 Å². The minimum Gasteiger partial charge on any atom is -0.143 e. The van der Waals surface area contributed by atoms with E-state index in [1.54, 1.807) is 0 Å². The zero-order valence-electron chi connectivity index (χ0n) is 6.05. The molecule has 0 spiro atoms. The lowest BCUT2D eigenvalue weighted by atomic mass is 10.4. The first kappa shape index (κ1) is 11.0. The normalized spacial score (nSPS) is 17.7. The molecule has 0 aliphatic rings. The van der Waals surface area contributed by atoms with Crippen molar-refractivity contribution < 1.29 is 15.5 Å². The Morgan fingerprint density at radius 1 is 1.00 bits per heavy atom. The maximum atomic E-state index is 12.5. The van der Waals surface area contributed by atoms with E-state index in [0.29, 0.717) is 17.0 Å². The topological polar surface area (TPSA) is 0 Å². The Morgan fingerprint density at radius 3 is 1.69 bits per heavy atom. The van der Waals surface area contributed by atoms with E-state index >= 15 is 0 Å². The second kappa shape index (κ2) is 2.29. The van der Waals surface area contributed by atoms with Crippen molar-refractivity contribution >= 4 is 32.4 Å². The molecule has 0 aliphatic heterocycles. The fraction of sp³-hybridized carbons (Fsp3) is 0. The van der Waals surface area contributed by atoms with E-state index in [1.807, 2.05) is 0 Å². The van der Waals surface area contributed by atoms with E-state index in [-0.39, 0.29) is 0 Å². The van der Waals surface area contributed by atoms with Gasteiger partial charge in [-0.25, -0.2) is 0 Å². The largest absolute Gasteiger partial charge is 0.253 e. The van der Waals surface area contributed by atoms with Crippen LogP contribution in [0.15, 0.2) is 34.1 Å². The van der Waals surface area contributed by atoms with Gasteiger partial charge in [0.05, 0.1) is 4.90 Å². The molecule has 0 unspecified atom stereocenters. The van der Waals surface area contributed by atoms with Gasteiger partial charge in [-0.2, -0.15) is 0 Å². The first-order chi connectivity index (χ1) is 5.49. The quantitative estimate of drug-likeness (QED) is 0.533. The van der Waals surface area contributed by atoms with Crippen molar-refractivity contribution in [1.29, 1.82) is 0 Å². The molecule has 1 rings (SSSR count). The summed E-state index contributed by atoms with van der Waals surface area (Å²) in [6.07, 6.45) is 0. The maximum Gasteiger partial charge on any atom is 0.253 e. The molecule has 13 heavy (non-hydrogen) atoms. The van der Waals surface area contributed by atoms with Crippen molar-refractivity contribution in [3.63, 3.8) is 0 Å². The lowest BCUT2D eigenvalue weighted by Gasteiger charge is -2.42. The summed E-state index contributed by atoms with van der Waals surface area (Å²) in [4.78, 5) is -1.15. The van der Waals surface area contributed by atoms with E-state index in [0.717, 1.165) is 12.1 Å². The molecule has 0 N–H and O–H groups in total. The fourth-order valence-corrected chi connectivity index (χ4v) is 1.81. The van der Waals surface area contributed by atoms with Gasteiger partial charge < -0.3 is 0 Å². The molecule has 0 aromatic heterocycles. The van der Waals surface area contributed by atoms with Gasteiger partial charge in [-0.05, 0) is 24.3 Å². The van der Waals surface area contributed by atoms with Crippen LogP contribution in [0.2, 0.25) is 0 Å². The summed E-state index contributed by atoms with van der Waals surface area (Å²) in [6.45, 7) is 0. The van der Waals surface area contributed by atoms with Gasteiger partial charge >= 0.3 is 0 Å². The Morgan fingerprint density at radius 2 is 1.38 bits per heavy atom. The van der Waals surface area contributed by atoms with E-state index < -0.39 is 13.9 Å². The third-order valence-electron chi connectivity index (χ3n) is 1.28. The molecule has 0 saturated heterocycles. The zero-order valence-corrected chi connectivity index (χ0v) is 8.52. The maximum absolute atomic E-state index is 12.5. The van der Waals surface area contributed by atoms with Crippen LogP contribution in [0.25, 0.3) is 0 Å². The summed E-state index contributed by atoms with van der Waals surface area (Å²) >= 11 is 3.76. The minimum atomic E-state index is -8.51. The van der Waals surface area contributed by atoms with Gasteiger partial charge in [0.2, 0.25) is 0 Å². The van der Waals surface area contributed by atoms with Crippen LogP contribution in [0.1, 0.15) is 0 Å². The number of halogens is 5. The SMILES string of the molecule is FS(F)(F)(F)(Cl)c1ccc(S)cc1. The van der Waals surface area contributed by atoms with E-state index in [9.17, 15) is 15.5 Å². The number of thiol groups is 1. The monoisotopic (exact) mass is 252 g/mol. The highest BCUT2D eigenvalue weighted by atomic mass is 35.7. The van der Waals surface area contributed by atoms with Crippen molar-refractivity contribution in [2.24, 2.45) is 0 Å². The summed E-state index contributed by atoms with van der Waals surface area (Å²) in [5.41, 5.74) is 0. The van der Waals surface area contributed by atoms with Crippen molar-refractivity contribution in [3.05, 3.63) is 24.3 Å². The van der Waals surface area contributed by atoms with Gasteiger partial charge in [-0.15, -0.1) is 28.2 Å². The van der Waals surface area contributed by atoms with Crippen LogP contribution in [-0.4, -0.2) is 0 Å². The van der Waals surface area contributed by atoms with Crippen LogP contribution in [0, 0.1) is 0 Å². The fourth-order valence-electron chi connectivity index (χ4n) is 0.703. The Kier molecular flexibility index (Phi) is 1.94. The van der Waals surface area contributed by atoms with E-state index in [4.69, 9.17) is 0 Å². The van der Waals surface area contributed by atoms with E-state index in [2.05, 4.69) is 23.3 Å². The van der Waals surface area contributed by atoms with Crippen molar-refractivity contribution in [2.45, 2.75) is 9.79 Å². The lowest BCUT2D eigenvalue weighted by molar-refractivity contribution is 0.480.